The highest BCUT2D eigenvalue weighted by Gasteiger charge is 2.16. The Balaban J connectivity index is 1.32. The fourth-order valence-electron chi connectivity index (χ4n) is 3.69. The van der Waals surface area contributed by atoms with Gasteiger partial charge in [-0.3, -0.25) is 9.36 Å². The molecule has 0 bridgehead atoms. The summed E-state index contributed by atoms with van der Waals surface area (Å²) in [6.45, 7) is 2.26. The molecule has 1 heterocycles. The zero-order chi connectivity index (χ0) is 24.0. The molecular formula is C28H24N4O2S. The Labute approximate surface area is 208 Å². The summed E-state index contributed by atoms with van der Waals surface area (Å²) in [6.07, 6.45) is 0. The van der Waals surface area contributed by atoms with Crippen LogP contribution < -0.4 is 10.1 Å². The minimum absolute atomic E-state index is 0.101. The fraction of sp³-hybridized carbons (Fsp3) is 0.107. The van der Waals surface area contributed by atoms with E-state index in [4.69, 9.17) is 4.74 Å². The summed E-state index contributed by atoms with van der Waals surface area (Å²) in [5.41, 5.74) is 2.83. The van der Waals surface area contributed by atoms with E-state index in [-0.39, 0.29) is 18.3 Å². The largest absolute Gasteiger partial charge is 0.486 e. The van der Waals surface area contributed by atoms with Crippen LogP contribution in [-0.4, -0.2) is 26.4 Å². The zero-order valence-electron chi connectivity index (χ0n) is 19.2. The number of carbonyl (C=O) groups is 1. The van der Waals surface area contributed by atoms with Crippen molar-refractivity contribution in [3.8, 4) is 11.4 Å². The summed E-state index contributed by atoms with van der Waals surface area (Å²) in [7, 11) is 0. The average molecular weight is 481 g/mol. The van der Waals surface area contributed by atoms with Crippen LogP contribution in [0.4, 0.5) is 5.69 Å². The number of hydrogen-bond acceptors (Lipinski definition) is 5. The van der Waals surface area contributed by atoms with Gasteiger partial charge in [-0.25, -0.2) is 0 Å². The predicted molar refractivity (Wildman–Crippen MR) is 140 cm³/mol. The lowest BCUT2D eigenvalue weighted by atomic mass is 10.1. The van der Waals surface area contributed by atoms with Crippen molar-refractivity contribution in [3.63, 3.8) is 0 Å². The van der Waals surface area contributed by atoms with Crippen molar-refractivity contribution in [1.29, 1.82) is 0 Å². The first-order valence-corrected chi connectivity index (χ1v) is 12.2. The lowest BCUT2D eigenvalue weighted by Crippen LogP contribution is -2.14. The van der Waals surface area contributed by atoms with Gasteiger partial charge < -0.3 is 10.1 Å². The average Bonchev–Trinajstić information content (AvgIpc) is 3.31. The van der Waals surface area contributed by atoms with Crippen molar-refractivity contribution in [2.45, 2.75) is 18.7 Å². The topological polar surface area (TPSA) is 69.0 Å². The molecule has 35 heavy (non-hydrogen) atoms. The number of amides is 1. The molecule has 0 atom stereocenters. The Morgan fingerprint density at radius 1 is 0.886 bits per heavy atom. The highest BCUT2D eigenvalue weighted by molar-refractivity contribution is 7.99. The molecule has 1 aromatic heterocycles. The Hall–Kier alpha value is -4.10. The maximum atomic E-state index is 12.5. The predicted octanol–water partition coefficient (Wildman–Crippen LogP) is 6.04. The molecule has 5 rings (SSSR count). The van der Waals surface area contributed by atoms with E-state index in [1.54, 1.807) is 0 Å². The van der Waals surface area contributed by atoms with Gasteiger partial charge in [-0.05, 0) is 54.1 Å². The van der Waals surface area contributed by atoms with Crippen molar-refractivity contribution in [1.82, 2.24) is 14.8 Å². The molecule has 6 nitrogen and oxygen atoms in total. The molecule has 1 N–H and O–H groups in total. The maximum Gasteiger partial charge on any atom is 0.234 e. The van der Waals surface area contributed by atoms with E-state index in [9.17, 15) is 4.79 Å². The van der Waals surface area contributed by atoms with Gasteiger partial charge in [0.1, 0.15) is 12.4 Å². The van der Waals surface area contributed by atoms with Gasteiger partial charge in [0.05, 0.1) is 5.75 Å². The molecule has 5 aromatic rings. The molecule has 0 radical (unpaired) electrons. The molecule has 0 spiro atoms. The van der Waals surface area contributed by atoms with E-state index >= 15 is 0 Å². The highest BCUT2D eigenvalue weighted by Crippen LogP contribution is 2.25. The Kier molecular flexibility index (Phi) is 6.77. The van der Waals surface area contributed by atoms with Crippen LogP contribution in [0.3, 0.4) is 0 Å². The third kappa shape index (κ3) is 5.53. The number of ether oxygens (including phenoxy) is 1. The standard InChI is InChI=1S/C28H24N4O2S/c1-20-11-14-23(15-12-20)29-27(33)19-35-28-31-30-26(32(28)24-9-3-2-4-10-24)18-34-25-16-13-21-7-5-6-8-22(21)17-25/h2-17H,18-19H2,1H3,(H,29,33). The number of aryl methyl sites for hydroxylation is 1. The van der Waals surface area contributed by atoms with Crippen LogP contribution in [0.1, 0.15) is 11.4 Å². The Morgan fingerprint density at radius 3 is 2.43 bits per heavy atom. The van der Waals surface area contributed by atoms with Crippen LogP contribution in [0, 0.1) is 6.92 Å². The number of fused-ring (bicyclic) bond motifs is 1. The Morgan fingerprint density at radius 2 is 1.63 bits per heavy atom. The molecule has 0 unspecified atom stereocenters. The van der Waals surface area contributed by atoms with Gasteiger partial charge in [-0.1, -0.05) is 78.0 Å². The number of hydrogen-bond donors (Lipinski definition) is 1. The van der Waals surface area contributed by atoms with Crippen LogP contribution in [0.2, 0.25) is 0 Å². The van der Waals surface area contributed by atoms with Crippen molar-refractivity contribution in [2.75, 3.05) is 11.1 Å². The SMILES string of the molecule is Cc1ccc(NC(=O)CSc2nnc(COc3ccc4ccccc4c3)n2-c2ccccc2)cc1. The minimum atomic E-state index is -0.101. The number of anilines is 1. The second-order valence-electron chi connectivity index (χ2n) is 8.07. The van der Waals surface area contributed by atoms with E-state index in [2.05, 4.69) is 27.6 Å². The number of rotatable bonds is 8. The van der Waals surface area contributed by atoms with Crippen molar-refractivity contribution in [3.05, 3.63) is 108 Å². The summed E-state index contributed by atoms with van der Waals surface area (Å²) < 4.78 is 8.01. The van der Waals surface area contributed by atoms with Gasteiger partial charge in [-0.2, -0.15) is 0 Å². The number of nitrogens with one attached hydrogen (secondary N) is 1. The molecule has 0 aliphatic heterocycles. The van der Waals surface area contributed by atoms with Gasteiger partial charge in [0.2, 0.25) is 5.91 Å². The zero-order valence-corrected chi connectivity index (χ0v) is 20.0. The molecule has 0 aliphatic carbocycles. The molecule has 0 fully saturated rings. The van der Waals surface area contributed by atoms with E-state index in [0.717, 1.165) is 33.5 Å². The third-order valence-electron chi connectivity index (χ3n) is 5.47. The summed E-state index contributed by atoms with van der Waals surface area (Å²) in [5.74, 6) is 1.53. The van der Waals surface area contributed by atoms with Gasteiger partial charge in [0, 0.05) is 11.4 Å². The van der Waals surface area contributed by atoms with Gasteiger partial charge in [0.25, 0.3) is 0 Å². The quantitative estimate of drug-likeness (QED) is 0.274. The summed E-state index contributed by atoms with van der Waals surface area (Å²) >= 11 is 1.34. The number of thioether (sulfide) groups is 1. The van der Waals surface area contributed by atoms with Crippen LogP contribution in [0.25, 0.3) is 16.5 Å². The highest BCUT2D eigenvalue weighted by atomic mass is 32.2. The van der Waals surface area contributed by atoms with E-state index < -0.39 is 0 Å². The second-order valence-corrected chi connectivity index (χ2v) is 9.01. The molecule has 4 aromatic carbocycles. The van der Waals surface area contributed by atoms with Crippen LogP contribution in [-0.2, 0) is 11.4 Å². The first-order chi connectivity index (χ1) is 17.2. The first kappa shape index (κ1) is 22.7. The summed E-state index contributed by atoms with van der Waals surface area (Å²) in [5, 5.41) is 14.6. The van der Waals surface area contributed by atoms with Gasteiger partial charge in [-0.15, -0.1) is 10.2 Å². The molecule has 0 saturated carbocycles. The van der Waals surface area contributed by atoms with E-state index in [1.165, 1.54) is 11.8 Å². The van der Waals surface area contributed by atoms with Crippen molar-refractivity contribution >= 4 is 34.1 Å². The maximum absolute atomic E-state index is 12.5. The fourth-order valence-corrected chi connectivity index (χ4v) is 4.46. The summed E-state index contributed by atoms with van der Waals surface area (Å²) in [6, 6.07) is 31.8. The molecule has 1 amide bonds. The second kappa shape index (κ2) is 10.4. The monoisotopic (exact) mass is 480 g/mol. The molecule has 7 heteroatoms. The van der Waals surface area contributed by atoms with Crippen molar-refractivity contribution in [2.24, 2.45) is 0 Å². The lowest BCUT2D eigenvalue weighted by Gasteiger charge is -2.11. The molecule has 0 saturated heterocycles. The normalized spacial score (nSPS) is 10.9. The first-order valence-electron chi connectivity index (χ1n) is 11.3. The Bertz CT molecular complexity index is 1450. The number of carbonyl (C=O) groups excluding carboxylic acids is 1. The molecule has 174 valence electrons. The number of para-hydroxylation sites is 1. The van der Waals surface area contributed by atoms with Crippen molar-refractivity contribution < 1.29 is 9.53 Å². The third-order valence-corrected chi connectivity index (χ3v) is 6.40. The van der Waals surface area contributed by atoms with Crippen LogP contribution in [0.5, 0.6) is 5.75 Å². The number of nitrogens with zero attached hydrogens (tertiary/aromatic N) is 3. The lowest BCUT2D eigenvalue weighted by molar-refractivity contribution is -0.113. The van der Waals surface area contributed by atoms with Gasteiger partial charge >= 0.3 is 0 Å². The van der Waals surface area contributed by atoms with E-state index in [0.29, 0.717) is 11.0 Å². The number of aromatic nitrogens is 3. The van der Waals surface area contributed by atoms with Crippen LogP contribution >= 0.6 is 11.8 Å². The van der Waals surface area contributed by atoms with E-state index in [1.807, 2.05) is 96.4 Å². The van der Waals surface area contributed by atoms with Crippen LogP contribution in [0.15, 0.2) is 102 Å². The van der Waals surface area contributed by atoms with Gasteiger partial charge in [0.15, 0.2) is 11.0 Å². The summed E-state index contributed by atoms with van der Waals surface area (Å²) in [4.78, 5) is 12.5. The smallest absolute Gasteiger partial charge is 0.234 e. The molecule has 0 aliphatic rings. The molecular weight excluding hydrogens is 456 g/mol. The number of benzene rings is 4. The minimum Gasteiger partial charge on any atom is -0.486 e.